The number of aromatic amines is 1. The highest BCUT2D eigenvalue weighted by Gasteiger charge is 2.13. The fraction of sp³-hybridized carbons (Fsp3) is 0.222. The molecule has 8 nitrogen and oxygen atoms in total. The average Bonchev–Trinajstić information content (AvgIpc) is 3.40. The van der Waals surface area contributed by atoms with Gasteiger partial charge in [0.15, 0.2) is 5.82 Å². The Bertz CT molecular complexity index is 1380. The van der Waals surface area contributed by atoms with Gasteiger partial charge in [0.2, 0.25) is 21.1 Å². The number of hydrogen-bond acceptors (Lipinski definition) is 6. The highest BCUT2D eigenvalue weighted by Crippen LogP contribution is 2.18. The van der Waals surface area contributed by atoms with E-state index in [2.05, 4.69) is 25.2 Å². The molecule has 0 saturated heterocycles. The van der Waals surface area contributed by atoms with Crippen LogP contribution in [0.25, 0.3) is 11.4 Å². The SMILES string of the molecule is O=C(CCc1ccc(S(=O)(=O)NCCc2ccccc2)cc1)NCCSc1n[nH]c(-c2ccccc2)n1. The quantitative estimate of drug-likeness (QED) is 0.177. The third-order valence-corrected chi connectivity index (χ3v) is 7.92. The summed E-state index contributed by atoms with van der Waals surface area (Å²) < 4.78 is 27.7. The zero-order valence-corrected chi connectivity index (χ0v) is 21.9. The maximum Gasteiger partial charge on any atom is 0.240 e. The van der Waals surface area contributed by atoms with E-state index in [0.29, 0.717) is 49.1 Å². The fourth-order valence-electron chi connectivity index (χ4n) is 3.61. The molecule has 0 saturated carbocycles. The minimum absolute atomic E-state index is 0.0557. The molecule has 1 aromatic heterocycles. The summed E-state index contributed by atoms with van der Waals surface area (Å²) in [6.45, 7) is 0.835. The Hall–Kier alpha value is -3.47. The summed E-state index contributed by atoms with van der Waals surface area (Å²) in [6.07, 6.45) is 1.48. The first kappa shape index (κ1) is 26.6. The largest absolute Gasteiger partial charge is 0.355 e. The van der Waals surface area contributed by atoms with Gasteiger partial charge < -0.3 is 5.32 Å². The molecule has 0 unspecified atom stereocenters. The van der Waals surface area contributed by atoms with Gasteiger partial charge in [-0.25, -0.2) is 18.1 Å². The molecule has 0 spiro atoms. The van der Waals surface area contributed by atoms with Crippen molar-refractivity contribution in [2.45, 2.75) is 29.3 Å². The van der Waals surface area contributed by atoms with Crippen LogP contribution in [-0.4, -0.2) is 48.3 Å². The van der Waals surface area contributed by atoms with E-state index in [9.17, 15) is 13.2 Å². The van der Waals surface area contributed by atoms with E-state index in [0.717, 1.165) is 16.7 Å². The Kier molecular flexibility index (Phi) is 9.47. The lowest BCUT2D eigenvalue weighted by molar-refractivity contribution is -0.120. The maximum absolute atomic E-state index is 12.5. The van der Waals surface area contributed by atoms with Gasteiger partial charge in [-0.15, -0.1) is 5.10 Å². The normalized spacial score (nSPS) is 11.4. The first-order valence-electron chi connectivity index (χ1n) is 12.0. The van der Waals surface area contributed by atoms with Gasteiger partial charge in [0.05, 0.1) is 4.90 Å². The summed E-state index contributed by atoms with van der Waals surface area (Å²) in [7, 11) is -3.57. The summed E-state index contributed by atoms with van der Waals surface area (Å²) in [5.74, 6) is 1.32. The van der Waals surface area contributed by atoms with Crippen molar-refractivity contribution in [3.63, 3.8) is 0 Å². The summed E-state index contributed by atoms with van der Waals surface area (Å²) in [5, 5.41) is 10.7. The van der Waals surface area contributed by atoms with Crippen LogP contribution in [0.3, 0.4) is 0 Å². The molecule has 0 fully saturated rings. The molecule has 0 aliphatic heterocycles. The molecule has 3 N–H and O–H groups in total. The molecule has 1 amide bonds. The third-order valence-electron chi connectivity index (χ3n) is 5.59. The topological polar surface area (TPSA) is 117 Å². The molecule has 0 aliphatic rings. The van der Waals surface area contributed by atoms with E-state index in [1.54, 1.807) is 24.3 Å². The molecular formula is C27H29N5O3S2. The van der Waals surface area contributed by atoms with Crippen LogP contribution in [0.1, 0.15) is 17.5 Å². The van der Waals surface area contributed by atoms with Gasteiger partial charge in [-0.2, -0.15) is 0 Å². The summed E-state index contributed by atoms with van der Waals surface area (Å²) in [6, 6.07) is 26.2. The molecule has 0 aliphatic carbocycles. The van der Waals surface area contributed by atoms with Crippen molar-refractivity contribution in [1.29, 1.82) is 0 Å². The van der Waals surface area contributed by atoms with Gasteiger partial charge in [-0.05, 0) is 36.1 Å². The number of nitrogens with one attached hydrogen (secondary N) is 3. The number of hydrogen-bond donors (Lipinski definition) is 3. The summed E-state index contributed by atoms with van der Waals surface area (Å²) in [4.78, 5) is 16.9. The lowest BCUT2D eigenvalue weighted by atomic mass is 10.1. The molecule has 4 rings (SSSR count). The first-order chi connectivity index (χ1) is 18.0. The van der Waals surface area contributed by atoms with Crippen LogP contribution >= 0.6 is 11.8 Å². The molecule has 1 heterocycles. The number of carbonyl (C=O) groups excluding carboxylic acids is 1. The minimum atomic E-state index is -3.57. The maximum atomic E-state index is 12.5. The van der Waals surface area contributed by atoms with Crippen LogP contribution in [0, 0.1) is 0 Å². The van der Waals surface area contributed by atoms with Crippen molar-refractivity contribution in [3.8, 4) is 11.4 Å². The van der Waals surface area contributed by atoms with Crippen molar-refractivity contribution in [3.05, 3.63) is 96.1 Å². The number of carbonyl (C=O) groups is 1. The van der Waals surface area contributed by atoms with E-state index < -0.39 is 10.0 Å². The van der Waals surface area contributed by atoms with Crippen molar-refractivity contribution < 1.29 is 13.2 Å². The number of aromatic nitrogens is 3. The van der Waals surface area contributed by atoms with Crippen molar-refractivity contribution >= 4 is 27.7 Å². The van der Waals surface area contributed by atoms with Crippen LogP contribution in [0.15, 0.2) is 95.0 Å². The highest BCUT2D eigenvalue weighted by atomic mass is 32.2. The lowest BCUT2D eigenvalue weighted by Crippen LogP contribution is -2.26. The minimum Gasteiger partial charge on any atom is -0.355 e. The first-order valence-corrected chi connectivity index (χ1v) is 14.5. The van der Waals surface area contributed by atoms with Gasteiger partial charge in [0.25, 0.3) is 0 Å². The Morgan fingerprint density at radius 3 is 2.24 bits per heavy atom. The van der Waals surface area contributed by atoms with Gasteiger partial charge in [-0.1, -0.05) is 84.6 Å². The second-order valence-electron chi connectivity index (χ2n) is 8.31. The standard InChI is InChI=1S/C27H29N5O3S2/c33-25(28-19-20-36-27-30-26(31-32-27)23-9-5-2-6-10-23)16-13-22-11-14-24(15-12-22)37(34,35)29-18-17-21-7-3-1-4-8-21/h1-12,14-15,29H,13,16-20H2,(H,28,33)(H,30,31,32). The zero-order chi connectivity index (χ0) is 25.9. The number of nitrogens with zero attached hydrogens (tertiary/aromatic N) is 2. The monoisotopic (exact) mass is 535 g/mol. The average molecular weight is 536 g/mol. The van der Waals surface area contributed by atoms with Gasteiger partial charge in [0, 0.05) is 30.8 Å². The lowest BCUT2D eigenvalue weighted by Gasteiger charge is -2.08. The fourth-order valence-corrected chi connectivity index (χ4v) is 5.29. The van der Waals surface area contributed by atoms with Crippen LogP contribution in [-0.2, 0) is 27.7 Å². The second-order valence-corrected chi connectivity index (χ2v) is 11.1. The van der Waals surface area contributed by atoms with E-state index >= 15 is 0 Å². The number of thioether (sulfide) groups is 1. The number of benzene rings is 3. The molecule has 3 aromatic carbocycles. The summed E-state index contributed by atoms with van der Waals surface area (Å²) >= 11 is 1.47. The molecule has 4 aromatic rings. The Morgan fingerprint density at radius 1 is 0.838 bits per heavy atom. The molecule has 192 valence electrons. The van der Waals surface area contributed by atoms with Gasteiger partial charge in [-0.3, -0.25) is 9.89 Å². The van der Waals surface area contributed by atoms with Crippen molar-refractivity contribution in [2.24, 2.45) is 0 Å². The van der Waals surface area contributed by atoms with E-state index in [4.69, 9.17) is 0 Å². The van der Waals surface area contributed by atoms with Crippen LogP contribution in [0.4, 0.5) is 0 Å². The Labute approximate surface area is 221 Å². The van der Waals surface area contributed by atoms with E-state index in [1.807, 2.05) is 60.7 Å². The van der Waals surface area contributed by atoms with E-state index in [-0.39, 0.29) is 10.8 Å². The van der Waals surface area contributed by atoms with Crippen molar-refractivity contribution in [2.75, 3.05) is 18.8 Å². The van der Waals surface area contributed by atoms with Gasteiger partial charge in [0.1, 0.15) is 0 Å². The molecule has 0 atom stereocenters. The predicted molar refractivity (Wildman–Crippen MR) is 146 cm³/mol. The second kappa shape index (κ2) is 13.2. The smallest absolute Gasteiger partial charge is 0.240 e. The van der Waals surface area contributed by atoms with Crippen LogP contribution in [0.2, 0.25) is 0 Å². The number of sulfonamides is 1. The zero-order valence-electron chi connectivity index (χ0n) is 20.3. The molecule has 37 heavy (non-hydrogen) atoms. The molecule has 0 bridgehead atoms. The number of H-pyrrole nitrogens is 1. The van der Waals surface area contributed by atoms with Gasteiger partial charge >= 0.3 is 0 Å². The molecule has 10 heteroatoms. The number of aryl methyl sites for hydroxylation is 1. The van der Waals surface area contributed by atoms with Crippen LogP contribution < -0.4 is 10.0 Å². The van der Waals surface area contributed by atoms with Crippen molar-refractivity contribution in [1.82, 2.24) is 25.2 Å². The van der Waals surface area contributed by atoms with Crippen LogP contribution in [0.5, 0.6) is 0 Å². The number of amides is 1. The Balaban J connectivity index is 1.14. The number of rotatable bonds is 13. The third kappa shape index (κ3) is 8.28. The van der Waals surface area contributed by atoms with E-state index in [1.165, 1.54) is 11.8 Å². The molecule has 0 radical (unpaired) electrons. The molecular weight excluding hydrogens is 506 g/mol. The summed E-state index contributed by atoms with van der Waals surface area (Å²) in [5.41, 5.74) is 2.95. The highest BCUT2D eigenvalue weighted by molar-refractivity contribution is 7.99. The Morgan fingerprint density at radius 2 is 1.51 bits per heavy atom. The predicted octanol–water partition coefficient (Wildman–Crippen LogP) is 3.83.